The molecule has 0 heterocycles. The van der Waals surface area contributed by atoms with Crippen LogP contribution in [0.2, 0.25) is 5.02 Å². The lowest BCUT2D eigenvalue weighted by Crippen LogP contribution is -2.22. The molecule has 0 aliphatic carbocycles. The first-order chi connectivity index (χ1) is 13.1. The Labute approximate surface area is 164 Å². The van der Waals surface area contributed by atoms with Gasteiger partial charge in [-0.1, -0.05) is 11.6 Å². The third-order valence-corrected chi connectivity index (χ3v) is 4.06. The summed E-state index contributed by atoms with van der Waals surface area (Å²) in [7, 11) is 3.18. The van der Waals surface area contributed by atoms with E-state index in [1.807, 2.05) is 24.3 Å². The molecular formula is C21H24ClNO4. The van der Waals surface area contributed by atoms with Crippen LogP contribution in [0.5, 0.6) is 17.2 Å². The molecule has 6 heteroatoms. The first-order valence-corrected chi connectivity index (χ1v) is 9.06. The number of carbonyl (C=O) groups excluding carboxylic acids is 1. The molecule has 0 fully saturated rings. The fourth-order valence-electron chi connectivity index (χ4n) is 2.35. The molecule has 0 saturated heterocycles. The van der Waals surface area contributed by atoms with E-state index in [0.717, 1.165) is 24.2 Å². The van der Waals surface area contributed by atoms with Crippen molar-refractivity contribution in [2.75, 3.05) is 27.4 Å². The average molecular weight is 390 g/mol. The number of amides is 1. The number of methoxy groups -OCH3 is 2. The van der Waals surface area contributed by atoms with Crippen molar-refractivity contribution in [2.24, 2.45) is 0 Å². The van der Waals surface area contributed by atoms with E-state index in [0.29, 0.717) is 29.7 Å². The lowest BCUT2D eigenvalue weighted by Gasteiger charge is -2.07. The molecule has 2 aromatic rings. The first kappa shape index (κ1) is 20.6. The topological polar surface area (TPSA) is 56.8 Å². The molecule has 2 aromatic carbocycles. The second kappa shape index (κ2) is 11.1. The van der Waals surface area contributed by atoms with Gasteiger partial charge < -0.3 is 19.5 Å². The van der Waals surface area contributed by atoms with Crippen LogP contribution in [-0.4, -0.2) is 33.3 Å². The summed E-state index contributed by atoms with van der Waals surface area (Å²) >= 11 is 5.83. The van der Waals surface area contributed by atoms with Gasteiger partial charge in [-0.3, -0.25) is 4.79 Å². The second-order valence-electron chi connectivity index (χ2n) is 5.74. The third kappa shape index (κ3) is 7.23. The molecule has 0 saturated carbocycles. The van der Waals surface area contributed by atoms with Gasteiger partial charge in [-0.15, -0.1) is 0 Å². The van der Waals surface area contributed by atoms with Crippen molar-refractivity contribution in [2.45, 2.75) is 12.8 Å². The van der Waals surface area contributed by atoms with Crippen molar-refractivity contribution < 1.29 is 19.0 Å². The zero-order chi connectivity index (χ0) is 19.5. The molecule has 0 atom stereocenters. The van der Waals surface area contributed by atoms with Gasteiger partial charge in [0.25, 0.3) is 0 Å². The SMILES string of the molecule is COc1ccc(OC)c(C=CC(=O)NCCCCOc2ccc(Cl)cc2)c1. The smallest absolute Gasteiger partial charge is 0.244 e. The summed E-state index contributed by atoms with van der Waals surface area (Å²) in [6.45, 7) is 1.18. The quantitative estimate of drug-likeness (QED) is 0.485. The maximum Gasteiger partial charge on any atom is 0.244 e. The van der Waals surface area contributed by atoms with Crippen molar-refractivity contribution in [3.63, 3.8) is 0 Å². The minimum atomic E-state index is -0.154. The molecule has 0 spiro atoms. The highest BCUT2D eigenvalue weighted by Gasteiger charge is 2.03. The number of unbranched alkanes of at least 4 members (excludes halogenated alkanes) is 1. The molecular weight excluding hydrogens is 366 g/mol. The molecule has 0 radical (unpaired) electrons. The third-order valence-electron chi connectivity index (χ3n) is 3.80. The predicted molar refractivity (Wildman–Crippen MR) is 108 cm³/mol. The molecule has 0 bridgehead atoms. The Kier molecular flexibility index (Phi) is 8.52. The maximum absolute atomic E-state index is 11.9. The van der Waals surface area contributed by atoms with E-state index < -0.39 is 0 Å². The molecule has 5 nitrogen and oxygen atoms in total. The molecule has 27 heavy (non-hydrogen) atoms. The molecule has 2 rings (SSSR count). The van der Waals surface area contributed by atoms with Gasteiger partial charge in [0.1, 0.15) is 17.2 Å². The Morgan fingerprint density at radius 1 is 1.04 bits per heavy atom. The lowest BCUT2D eigenvalue weighted by molar-refractivity contribution is -0.116. The van der Waals surface area contributed by atoms with Gasteiger partial charge in [-0.2, -0.15) is 0 Å². The minimum absolute atomic E-state index is 0.154. The number of ether oxygens (including phenoxy) is 3. The van der Waals surface area contributed by atoms with E-state index >= 15 is 0 Å². The van der Waals surface area contributed by atoms with E-state index in [1.54, 1.807) is 38.5 Å². The van der Waals surface area contributed by atoms with Crippen LogP contribution in [0, 0.1) is 0 Å². The molecule has 0 aromatic heterocycles. The average Bonchev–Trinajstić information content (AvgIpc) is 2.70. The summed E-state index contributed by atoms with van der Waals surface area (Å²) in [6, 6.07) is 12.7. The Bertz CT molecular complexity index is 759. The zero-order valence-electron chi connectivity index (χ0n) is 15.5. The largest absolute Gasteiger partial charge is 0.497 e. The number of rotatable bonds is 10. The van der Waals surface area contributed by atoms with Crippen LogP contribution in [0.4, 0.5) is 0 Å². The van der Waals surface area contributed by atoms with E-state index in [1.165, 1.54) is 6.08 Å². The van der Waals surface area contributed by atoms with Gasteiger partial charge in [0, 0.05) is 23.2 Å². The Hall–Kier alpha value is -2.66. The number of hydrogen-bond acceptors (Lipinski definition) is 4. The summed E-state index contributed by atoms with van der Waals surface area (Å²) in [5.74, 6) is 2.02. The second-order valence-corrected chi connectivity index (χ2v) is 6.18. The molecule has 0 unspecified atom stereocenters. The summed E-state index contributed by atoms with van der Waals surface area (Å²) in [6.07, 6.45) is 4.87. The van der Waals surface area contributed by atoms with Gasteiger partial charge in [0.2, 0.25) is 5.91 Å². The normalized spacial score (nSPS) is 10.6. The van der Waals surface area contributed by atoms with Gasteiger partial charge in [-0.25, -0.2) is 0 Å². The highest BCUT2D eigenvalue weighted by Crippen LogP contribution is 2.25. The standard InChI is InChI=1S/C21H24ClNO4/c1-25-19-10-11-20(26-2)16(15-19)5-12-21(24)23-13-3-4-14-27-18-8-6-17(22)7-9-18/h5-12,15H,3-4,13-14H2,1-2H3,(H,23,24). The fourth-order valence-corrected chi connectivity index (χ4v) is 2.48. The lowest BCUT2D eigenvalue weighted by atomic mass is 10.1. The molecule has 1 N–H and O–H groups in total. The predicted octanol–water partition coefficient (Wildman–Crippen LogP) is 4.35. The van der Waals surface area contributed by atoms with Crippen molar-refractivity contribution in [1.82, 2.24) is 5.32 Å². The molecule has 1 amide bonds. The zero-order valence-corrected chi connectivity index (χ0v) is 16.3. The van der Waals surface area contributed by atoms with Crippen LogP contribution in [-0.2, 0) is 4.79 Å². The maximum atomic E-state index is 11.9. The van der Waals surface area contributed by atoms with Gasteiger partial charge in [0.05, 0.1) is 20.8 Å². The Balaban J connectivity index is 1.68. The Morgan fingerprint density at radius 3 is 2.48 bits per heavy atom. The van der Waals surface area contributed by atoms with E-state index in [-0.39, 0.29) is 5.91 Å². The van der Waals surface area contributed by atoms with Gasteiger partial charge in [-0.05, 0) is 61.4 Å². The van der Waals surface area contributed by atoms with Gasteiger partial charge in [0.15, 0.2) is 0 Å². The summed E-state index contributed by atoms with van der Waals surface area (Å²) in [5.41, 5.74) is 0.781. The van der Waals surface area contributed by atoms with Crippen LogP contribution in [0.25, 0.3) is 6.08 Å². The molecule has 144 valence electrons. The number of halogens is 1. The molecule has 0 aliphatic heterocycles. The minimum Gasteiger partial charge on any atom is -0.497 e. The number of benzene rings is 2. The highest BCUT2D eigenvalue weighted by atomic mass is 35.5. The summed E-state index contributed by atoms with van der Waals surface area (Å²) in [5, 5.41) is 3.54. The van der Waals surface area contributed by atoms with Crippen LogP contribution >= 0.6 is 11.6 Å². The van der Waals surface area contributed by atoms with Crippen molar-refractivity contribution in [3.05, 3.63) is 59.1 Å². The van der Waals surface area contributed by atoms with Crippen LogP contribution in [0.1, 0.15) is 18.4 Å². The first-order valence-electron chi connectivity index (χ1n) is 8.68. The number of nitrogens with one attached hydrogen (secondary N) is 1. The van der Waals surface area contributed by atoms with E-state index in [4.69, 9.17) is 25.8 Å². The fraction of sp³-hybridized carbons (Fsp3) is 0.286. The summed E-state index contributed by atoms with van der Waals surface area (Å²) < 4.78 is 16.1. The molecule has 0 aliphatic rings. The van der Waals surface area contributed by atoms with Crippen molar-refractivity contribution >= 4 is 23.6 Å². The van der Waals surface area contributed by atoms with E-state index in [9.17, 15) is 4.79 Å². The van der Waals surface area contributed by atoms with Crippen LogP contribution in [0.3, 0.4) is 0 Å². The van der Waals surface area contributed by atoms with Crippen LogP contribution < -0.4 is 19.5 Å². The monoisotopic (exact) mass is 389 g/mol. The van der Waals surface area contributed by atoms with Crippen LogP contribution in [0.15, 0.2) is 48.5 Å². The van der Waals surface area contributed by atoms with Crippen molar-refractivity contribution in [3.8, 4) is 17.2 Å². The van der Waals surface area contributed by atoms with E-state index in [2.05, 4.69) is 5.32 Å². The summed E-state index contributed by atoms with van der Waals surface area (Å²) in [4.78, 5) is 11.9. The Morgan fingerprint density at radius 2 is 1.78 bits per heavy atom. The van der Waals surface area contributed by atoms with Crippen molar-refractivity contribution in [1.29, 1.82) is 0 Å². The highest BCUT2D eigenvalue weighted by molar-refractivity contribution is 6.30. The number of hydrogen-bond donors (Lipinski definition) is 1. The van der Waals surface area contributed by atoms with Gasteiger partial charge >= 0.3 is 0 Å². The number of carbonyl (C=O) groups is 1.